The van der Waals surface area contributed by atoms with Gasteiger partial charge in [-0.1, -0.05) is 0 Å². The first-order valence-electron chi connectivity index (χ1n) is 10.5. The lowest BCUT2D eigenvalue weighted by Gasteiger charge is -2.45. The Hall–Kier alpha value is -2.60. The zero-order chi connectivity index (χ0) is 28.7. The van der Waals surface area contributed by atoms with Gasteiger partial charge in [-0.2, -0.15) is 0 Å². The third-order valence-corrected chi connectivity index (χ3v) is 5.38. The zero-order valence-corrected chi connectivity index (χ0v) is 18.8. The molecule has 2 saturated heterocycles. The molecule has 2 fully saturated rings. The molecule has 20 heteroatoms. The lowest BCUT2D eigenvalue weighted by atomic mass is 10.0. The molecule has 0 radical (unpaired) electrons. The van der Waals surface area contributed by atoms with Crippen molar-refractivity contribution in [3.63, 3.8) is 0 Å². The first-order valence-corrected chi connectivity index (χ1v) is 10.5. The summed E-state index contributed by atoms with van der Waals surface area (Å²) in [7, 11) is 0. The number of rotatable bonds is 14. The fraction of sp³-hybridized carbons (Fsp3) is 0.778. The van der Waals surface area contributed by atoms with Gasteiger partial charge in [0.05, 0.1) is 0 Å². The lowest BCUT2D eigenvalue weighted by Crippen LogP contribution is -2.65. The number of carbonyl (C=O) groups excluding carboxylic acids is 3. The zero-order valence-electron chi connectivity index (χ0n) is 18.8. The first kappa shape index (κ1) is 31.6. The number of carbonyl (C=O) groups is 4. The molecule has 0 aromatic heterocycles. The van der Waals surface area contributed by atoms with Gasteiger partial charge >= 0.3 is 5.97 Å². The van der Waals surface area contributed by atoms with Crippen molar-refractivity contribution in [2.45, 2.75) is 86.4 Å². The third-order valence-electron chi connectivity index (χ3n) is 5.38. The Labute approximate surface area is 211 Å². The Morgan fingerprint density at radius 1 is 0.711 bits per heavy atom. The van der Waals surface area contributed by atoms with Crippen molar-refractivity contribution in [3.8, 4) is 0 Å². The lowest BCUT2D eigenvalue weighted by molar-refractivity contribution is -0.402. The van der Waals surface area contributed by atoms with Gasteiger partial charge in [0.2, 0.25) is 18.9 Å². The van der Waals surface area contributed by atoms with Gasteiger partial charge in [-0.25, -0.2) is 4.79 Å². The van der Waals surface area contributed by atoms with Gasteiger partial charge in [0.1, 0.15) is 36.6 Å². The van der Waals surface area contributed by atoms with Crippen molar-refractivity contribution in [2.24, 2.45) is 0 Å². The summed E-state index contributed by atoms with van der Waals surface area (Å²) in [6, 6.07) is 0. The molecule has 218 valence electrons. The monoisotopic (exact) mass is 562 g/mol. The van der Waals surface area contributed by atoms with E-state index in [9.17, 15) is 60.0 Å². The van der Waals surface area contributed by atoms with Crippen LogP contribution in [0.5, 0.6) is 0 Å². The maximum Gasteiger partial charge on any atom is 0.335 e. The van der Waals surface area contributed by atoms with Crippen molar-refractivity contribution < 1.29 is 98.3 Å². The number of hydrogen-bond donors (Lipinski definition) is 9. The Bertz CT molecular complexity index is 796. The van der Waals surface area contributed by atoms with Gasteiger partial charge in [0, 0.05) is 0 Å². The molecule has 9 N–H and O–H groups in total. The van der Waals surface area contributed by atoms with Crippen LogP contribution in [-0.2, 0) is 52.3 Å². The van der Waals surface area contributed by atoms with Crippen LogP contribution in [0.2, 0.25) is 0 Å². The van der Waals surface area contributed by atoms with Gasteiger partial charge in [-0.15, -0.1) is 0 Å². The summed E-state index contributed by atoms with van der Waals surface area (Å²) >= 11 is 0. The predicted octanol–water partition coefficient (Wildman–Crippen LogP) is -7.43. The second-order valence-corrected chi connectivity index (χ2v) is 7.76. The topological polar surface area (TPSA) is 315 Å². The van der Waals surface area contributed by atoms with Gasteiger partial charge < -0.3 is 79.1 Å². The second kappa shape index (κ2) is 14.0. The molecule has 0 saturated carbocycles. The molecular formula is C18H26O20. The van der Waals surface area contributed by atoms with Crippen LogP contribution in [0.15, 0.2) is 0 Å². The maximum atomic E-state index is 11.0. The molecular weight excluding hydrogens is 536 g/mol. The standard InChI is InChI=1S/C18H26O20/c19-1-32-14(31)11(5(23)7(25)13(29)30)35-17-10(28)6(24)12(18(38-17)34-3-21)36-16-9(27)4(22)8(26)15(37-16)33-2-20/h1-12,14-18,22-28,31H,(H,29,30)/t4?,5?,6?,7?,8-,9?,10+,11-,12-,14?,15?,16+,17+,18?/m0/s1. The van der Waals surface area contributed by atoms with Gasteiger partial charge in [0.25, 0.3) is 19.4 Å². The summed E-state index contributed by atoms with van der Waals surface area (Å²) in [4.78, 5) is 43.2. The van der Waals surface area contributed by atoms with Crippen LogP contribution in [0, 0.1) is 0 Å². The highest BCUT2D eigenvalue weighted by Crippen LogP contribution is 2.31. The van der Waals surface area contributed by atoms with E-state index in [1.54, 1.807) is 0 Å². The van der Waals surface area contributed by atoms with Crippen LogP contribution in [0.3, 0.4) is 0 Å². The van der Waals surface area contributed by atoms with E-state index in [0.29, 0.717) is 0 Å². The van der Waals surface area contributed by atoms with E-state index in [1.807, 2.05) is 0 Å². The van der Waals surface area contributed by atoms with Crippen LogP contribution in [0.25, 0.3) is 0 Å². The van der Waals surface area contributed by atoms with E-state index in [-0.39, 0.29) is 19.4 Å². The highest BCUT2D eigenvalue weighted by molar-refractivity contribution is 5.72. The van der Waals surface area contributed by atoms with Gasteiger partial charge in [-0.3, -0.25) is 14.4 Å². The molecule has 20 nitrogen and oxygen atoms in total. The van der Waals surface area contributed by atoms with Crippen LogP contribution in [-0.4, -0.2) is 158 Å². The Kier molecular flexibility index (Phi) is 11.6. The Morgan fingerprint density at radius 3 is 1.79 bits per heavy atom. The molecule has 0 aromatic rings. The molecule has 8 unspecified atom stereocenters. The van der Waals surface area contributed by atoms with E-state index in [2.05, 4.69) is 14.2 Å². The van der Waals surface area contributed by atoms with Crippen LogP contribution < -0.4 is 0 Å². The van der Waals surface area contributed by atoms with E-state index >= 15 is 0 Å². The van der Waals surface area contributed by atoms with Crippen molar-refractivity contribution in [2.75, 3.05) is 0 Å². The molecule has 2 rings (SSSR count). The summed E-state index contributed by atoms with van der Waals surface area (Å²) in [5.74, 6) is -2.00. The number of carboxylic acid groups (broad SMARTS) is 1. The fourth-order valence-corrected chi connectivity index (χ4v) is 3.41. The Balaban J connectivity index is 2.26. The Morgan fingerprint density at radius 2 is 1.24 bits per heavy atom. The molecule has 2 aliphatic rings. The molecule has 0 amide bonds. The van der Waals surface area contributed by atoms with Crippen LogP contribution in [0.4, 0.5) is 0 Å². The molecule has 0 bridgehead atoms. The van der Waals surface area contributed by atoms with Crippen LogP contribution in [0.1, 0.15) is 0 Å². The normalized spacial score (nSPS) is 38.6. The highest BCUT2D eigenvalue weighted by atomic mass is 16.8. The smallest absolute Gasteiger partial charge is 0.335 e. The van der Waals surface area contributed by atoms with Gasteiger partial charge in [-0.05, 0) is 0 Å². The maximum absolute atomic E-state index is 11.0. The van der Waals surface area contributed by atoms with E-state index < -0.39 is 92.4 Å². The number of ether oxygens (including phenoxy) is 7. The summed E-state index contributed by atoms with van der Waals surface area (Å²) in [5, 5.41) is 89.4. The minimum absolute atomic E-state index is 0.160. The minimum atomic E-state index is -2.62. The highest BCUT2D eigenvalue weighted by Gasteiger charge is 2.53. The molecule has 2 heterocycles. The summed E-state index contributed by atoms with van der Waals surface area (Å²) in [6.07, 6.45) is -30.6. The molecule has 0 aliphatic carbocycles. The minimum Gasteiger partial charge on any atom is -0.479 e. The summed E-state index contributed by atoms with van der Waals surface area (Å²) < 4.78 is 33.6. The summed E-state index contributed by atoms with van der Waals surface area (Å²) in [5.41, 5.74) is 0. The molecule has 14 atom stereocenters. The van der Waals surface area contributed by atoms with E-state index in [4.69, 9.17) is 24.1 Å². The second-order valence-electron chi connectivity index (χ2n) is 7.76. The van der Waals surface area contributed by atoms with Crippen LogP contribution >= 0.6 is 0 Å². The van der Waals surface area contributed by atoms with E-state index in [0.717, 1.165) is 0 Å². The number of aliphatic carboxylic acids is 1. The molecule has 0 aromatic carbocycles. The van der Waals surface area contributed by atoms with Gasteiger partial charge in [0.15, 0.2) is 30.9 Å². The molecule has 38 heavy (non-hydrogen) atoms. The predicted molar refractivity (Wildman–Crippen MR) is 104 cm³/mol. The molecule has 0 spiro atoms. The average Bonchev–Trinajstić information content (AvgIpc) is 2.88. The first-order chi connectivity index (χ1) is 17.9. The number of aliphatic hydroxyl groups is 8. The van der Waals surface area contributed by atoms with Crippen molar-refractivity contribution in [1.82, 2.24) is 0 Å². The average molecular weight is 562 g/mol. The number of aliphatic hydroxyl groups excluding tert-OH is 8. The summed E-state index contributed by atoms with van der Waals surface area (Å²) in [6.45, 7) is -0.728. The number of carboxylic acids is 1. The quantitative estimate of drug-likeness (QED) is 0.0539. The molecule has 2 aliphatic heterocycles. The van der Waals surface area contributed by atoms with E-state index in [1.165, 1.54) is 0 Å². The van der Waals surface area contributed by atoms with Crippen molar-refractivity contribution in [3.05, 3.63) is 0 Å². The SMILES string of the molecule is O=COC1O[C@@H](O[C@@H]2C(OC=O)O[C@@H](O[C@H](C(O)OC=O)C(O)C(O)C(=O)O)[C@H](O)C2O)C(O)C(O)[C@@H]1O. The van der Waals surface area contributed by atoms with Crippen molar-refractivity contribution >= 4 is 25.4 Å². The third kappa shape index (κ3) is 7.07. The number of hydrogen-bond acceptors (Lipinski definition) is 19. The largest absolute Gasteiger partial charge is 0.479 e. The van der Waals surface area contributed by atoms with Crippen molar-refractivity contribution in [1.29, 1.82) is 0 Å². The fourth-order valence-electron chi connectivity index (χ4n) is 3.41.